The van der Waals surface area contributed by atoms with E-state index in [1.54, 1.807) is 18.2 Å². The molecule has 0 aromatic heterocycles. The van der Waals surface area contributed by atoms with E-state index in [1.807, 2.05) is 13.0 Å². The van der Waals surface area contributed by atoms with Gasteiger partial charge in [0.05, 0.1) is 6.42 Å². The summed E-state index contributed by atoms with van der Waals surface area (Å²) in [4.78, 5) is 25.2. The smallest absolute Gasteiger partial charge is 0.326 e. The predicted molar refractivity (Wildman–Crippen MR) is 76.7 cm³/mol. The van der Waals surface area contributed by atoms with Crippen LogP contribution in [-0.2, 0) is 16.0 Å². The number of rotatable bonds is 3. The van der Waals surface area contributed by atoms with Gasteiger partial charge in [0.25, 0.3) is 0 Å². The highest BCUT2D eigenvalue weighted by molar-refractivity contribution is 6.30. The van der Waals surface area contributed by atoms with Crippen LogP contribution in [0.3, 0.4) is 0 Å². The molecule has 2 unspecified atom stereocenters. The van der Waals surface area contributed by atoms with Gasteiger partial charge in [0.15, 0.2) is 0 Å². The average Bonchev–Trinajstić information content (AvgIpc) is 2.37. The van der Waals surface area contributed by atoms with Crippen LogP contribution in [0.1, 0.15) is 25.3 Å². The van der Waals surface area contributed by atoms with Crippen molar-refractivity contribution in [3.63, 3.8) is 0 Å². The van der Waals surface area contributed by atoms with Crippen LogP contribution >= 0.6 is 11.6 Å². The van der Waals surface area contributed by atoms with E-state index >= 15 is 0 Å². The van der Waals surface area contributed by atoms with Gasteiger partial charge in [-0.15, -0.1) is 0 Å². The van der Waals surface area contributed by atoms with Crippen molar-refractivity contribution in [3.8, 4) is 0 Å². The lowest BCUT2D eigenvalue weighted by atomic mass is 9.90. The summed E-state index contributed by atoms with van der Waals surface area (Å²) in [7, 11) is 0. The molecule has 0 bridgehead atoms. The minimum Gasteiger partial charge on any atom is -0.480 e. The molecule has 108 valence electrons. The minimum atomic E-state index is -0.920. The topological polar surface area (TPSA) is 57.6 Å². The third kappa shape index (κ3) is 3.31. The Morgan fingerprint density at radius 3 is 2.85 bits per heavy atom. The minimum absolute atomic E-state index is 0.00967. The van der Waals surface area contributed by atoms with Gasteiger partial charge in [0, 0.05) is 11.6 Å². The number of nitrogens with zero attached hydrogens (tertiary/aromatic N) is 1. The number of carboxylic acids is 1. The summed E-state index contributed by atoms with van der Waals surface area (Å²) in [5, 5.41) is 9.90. The fraction of sp³-hybridized carbons (Fsp3) is 0.467. The molecule has 1 N–H and O–H groups in total. The number of aliphatic carboxylic acids is 1. The monoisotopic (exact) mass is 295 g/mol. The van der Waals surface area contributed by atoms with Crippen molar-refractivity contribution >= 4 is 23.5 Å². The molecule has 4 nitrogen and oxygen atoms in total. The number of likely N-dealkylation sites (tertiary alicyclic amines) is 1. The Hall–Kier alpha value is -1.55. The van der Waals surface area contributed by atoms with E-state index in [2.05, 4.69) is 0 Å². The summed E-state index contributed by atoms with van der Waals surface area (Å²) in [5.41, 5.74) is 0.810. The second kappa shape index (κ2) is 6.27. The maximum atomic E-state index is 12.4. The zero-order chi connectivity index (χ0) is 14.7. The van der Waals surface area contributed by atoms with Crippen LogP contribution in [0.25, 0.3) is 0 Å². The van der Waals surface area contributed by atoms with Crippen LogP contribution in [0.2, 0.25) is 5.02 Å². The van der Waals surface area contributed by atoms with Gasteiger partial charge in [-0.05, 0) is 36.5 Å². The SMILES string of the molecule is CC1CCCN(C(=O)Cc2cccc(Cl)c2)C1C(=O)O. The van der Waals surface area contributed by atoms with Gasteiger partial charge in [0.2, 0.25) is 5.91 Å². The summed E-state index contributed by atoms with van der Waals surface area (Å²) in [6, 6.07) is 6.39. The molecule has 0 aliphatic carbocycles. The Balaban J connectivity index is 2.12. The maximum Gasteiger partial charge on any atom is 0.326 e. The number of benzene rings is 1. The predicted octanol–water partition coefficient (Wildman–Crippen LogP) is 2.59. The lowest BCUT2D eigenvalue weighted by Gasteiger charge is -2.37. The van der Waals surface area contributed by atoms with Crippen molar-refractivity contribution in [2.45, 2.75) is 32.2 Å². The van der Waals surface area contributed by atoms with E-state index in [0.717, 1.165) is 18.4 Å². The summed E-state index contributed by atoms with van der Waals surface area (Å²) in [5.74, 6) is -1.08. The van der Waals surface area contributed by atoms with Crippen LogP contribution in [0.5, 0.6) is 0 Å². The summed E-state index contributed by atoms with van der Waals surface area (Å²) in [6.07, 6.45) is 1.89. The molecular weight excluding hydrogens is 278 g/mol. The van der Waals surface area contributed by atoms with Crippen LogP contribution in [-0.4, -0.2) is 34.5 Å². The summed E-state index contributed by atoms with van der Waals surface area (Å²) >= 11 is 5.90. The molecule has 1 aliphatic rings. The average molecular weight is 296 g/mol. The Morgan fingerprint density at radius 1 is 1.45 bits per heavy atom. The van der Waals surface area contributed by atoms with E-state index in [0.29, 0.717) is 11.6 Å². The third-order valence-corrected chi connectivity index (χ3v) is 3.99. The highest BCUT2D eigenvalue weighted by Crippen LogP contribution is 2.24. The number of halogens is 1. The standard InChI is InChI=1S/C15H18ClNO3/c1-10-4-3-7-17(14(10)15(19)20)13(18)9-11-5-2-6-12(16)8-11/h2,5-6,8,10,14H,3-4,7,9H2,1H3,(H,19,20). The molecule has 1 aliphatic heterocycles. The number of carbonyl (C=O) groups excluding carboxylic acids is 1. The highest BCUT2D eigenvalue weighted by atomic mass is 35.5. The van der Waals surface area contributed by atoms with Gasteiger partial charge in [-0.1, -0.05) is 30.7 Å². The zero-order valence-corrected chi connectivity index (χ0v) is 12.1. The number of hydrogen-bond donors (Lipinski definition) is 1. The quantitative estimate of drug-likeness (QED) is 0.932. The Morgan fingerprint density at radius 2 is 2.20 bits per heavy atom. The van der Waals surface area contributed by atoms with Gasteiger partial charge >= 0.3 is 5.97 Å². The molecule has 1 saturated heterocycles. The Bertz CT molecular complexity index is 518. The molecule has 1 fully saturated rings. The molecule has 0 saturated carbocycles. The van der Waals surface area contributed by atoms with Crippen molar-refractivity contribution in [2.24, 2.45) is 5.92 Å². The van der Waals surface area contributed by atoms with Crippen molar-refractivity contribution in [1.82, 2.24) is 4.90 Å². The first kappa shape index (κ1) is 14.9. The first-order valence-corrected chi connectivity index (χ1v) is 7.13. The summed E-state index contributed by atoms with van der Waals surface area (Å²) in [6.45, 7) is 2.40. The molecule has 0 radical (unpaired) electrons. The zero-order valence-electron chi connectivity index (χ0n) is 11.4. The van der Waals surface area contributed by atoms with Crippen molar-refractivity contribution in [1.29, 1.82) is 0 Å². The van der Waals surface area contributed by atoms with Crippen LogP contribution < -0.4 is 0 Å². The highest BCUT2D eigenvalue weighted by Gasteiger charge is 2.36. The van der Waals surface area contributed by atoms with Crippen molar-refractivity contribution in [3.05, 3.63) is 34.9 Å². The fourth-order valence-electron chi connectivity index (χ4n) is 2.77. The van der Waals surface area contributed by atoms with E-state index in [9.17, 15) is 14.7 Å². The lowest BCUT2D eigenvalue weighted by Crippen LogP contribution is -2.52. The number of hydrogen-bond acceptors (Lipinski definition) is 2. The molecule has 1 aromatic rings. The number of piperidine rings is 1. The number of carbonyl (C=O) groups is 2. The molecule has 5 heteroatoms. The lowest BCUT2D eigenvalue weighted by molar-refractivity contribution is -0.154. The van der Waals surface area contributed by atoms with E-state index < -0.39 is 12.0 Å². The molecular formula is C15H18ClNO3. The van der Waals surface area contributed by atoms with Crippen LogP contribution in [0.15, 0.2) is 24.3 Å². The first-order chi connectivity index (χ1) is 9.49. The Kier molecular flexibility index (Phi) is 4.65. The third-order valence-electron chi connectivity index (χ3n) is 3.75. The van der Waals surface area contributed by atoms with Gasteiger partial charge in [-0.3, -0.25) is 4.79 Å². The van der Waals surface area contributed by atoms with Gasteiger partial charge in [-0.2, -0.15) is 0 Å². The van der Waals surface area contributed by atoms with E-state index in [-0.39, 0.29) is 18.2 Å². The molecule has 1 heterocycles. The van der Waals surface area contributed by atoms with Gasteiger partial charge < -0.3 is 10.0 Å². The molecule has 1 aromatic carbocycles. The molecule has 2 rings (SSSR count). The second-order valence-electron chi connectivity index (χ2n) is 5.30. The maximum absolute atomic E-state index is 12.4. The number of carboxylic acid groups (broad SMARTS) is 1. The first-order valence-electron chi connectivity index (χ1n) is 6.75. The molecule has 1 amide bonds. The molecule has 0 spiro atoms. The van der Waals surface area contributed by atoms with E-state index in [1.165, 1.54) is 4.90 Å². The van der Waals surface area contributed by atoms with Crippen LogP contribution in [0.4, 0.5) is 0 Å². The normalized spacial score (nSPS) is 22.6. The Labute approximate surface area is 123 Å². The van der Waals surface area contributed by atoms with Gasteiger partial charge in [0.1, 0.15) is 6.04 Å². The van der Waals surface area contributed by atoms with Crippen LogP contribution in [0, 0.1) is 5.92 Å². The van der Waals surface area contributed by atoms with Crippen molar-refractivity contribution in [2.75, 3.05) is 6.54 Å². The second-order valence-corrected chi connectivity index (χ2v) is 5.73. The molecule has 20 heavy (non-hydrogen) atoms. The summed E-state index contributed by atoms with van der Waals surface area (Å²) < 4.78 is 0. The van der Waals surface area contributed by atoms with Crippen molar-refractivity contribution < 1.29 is 14.7 Å². The number of amides is 1. The van der Waals surface area contributed by atoms with Gasteiger partial charge in [-0.25, -0.2) is 4.79 Å². The molecule has 2 atom stereocenters. The fourth-order valence-corrected chi connectivity index (χ4v) is 2.98. The largest absolute Gasteiger partial charge is 0.480 e. The van der Waals surface area contributed by atoms with E-state index in [4.69, 9.17) is 11.6 Å².